The molecule has 0 aliphatic carbocycles. The Balaban J connectivity index is 3.81. The van der Waals surface area contributed by atoms with Gasteiger partial charge in [-0.2, -0.15) is 0 Å². The second-order valence-electron chi connectivity index (χ2n) is 3.70. The molecule has 6 heteroatoms. The molecule has 0 heterocycles. The molecular weight excluding hydrogens is 212 g/mol. The Bertz CT molecular complexity index is 233. The van der Waals surface area contributed by atoms with E-state index in [9.17, 15) is 9.59 Å². The van der Waals surface area contributed by atoms with E-state index in [2.05, 4.69) is 5.32 Å². The summed E-state index contributed by atoms with van der Waals surface area (Å²) in [5.74, 6) is -0.910. The second-order valence-corrected chi connectivity index (χ2v) is 3.70. The van der Waals surface area contributed by atoms with Crippen molar-refractivity contribution in [2.45, 2.75) is 25.8 Å². The van der Waals surface area contributed by atoms with E-state index < -0.39 is 5.97 Å². The monoisotopic (exact) mass is 232 g/mol. The van der Waals surface area contributed by atoms with E-state index in [-0.39, 0.29) is 25.0 Å². The van der Waals surface area contributed by atoms with Crippen molar-refractivity contribution in [1.29, 1.82) is 0 Å². The SMILES string of the molecule is COCCC(C)NC(=O)N(C)CCC(=O)O. The van der Waals surface area contributed by atoms with Crippen molar-refractivity contribution in [2.24, 2.45) is 0 Å². The molecule has 0 radical (unpaired) electrons. The topological polar surface area (TPSA) is 78.9 Å². The molecule has 94 valence electrons. The highest BCUT2D eigenvalue weighted by Crippen LogP contribution is 1.94. The number of nitrogens with one attached hydrogen (secondary N) is 1. The summed E-state index contributed by atoms with van der Waals surface area (Å²) < 4.78 is 4.89. The van der Waals surface area contributed by atoms with Crippen LogP contribution in [0.1, 0.15) is 19.8 Å². The first kappa shape index (κ1) is 14.7. The summed E-state index contributed by atoms with van der Waals surface area (Å²) in [4.78, 5) is 23.2. The van der Waals surface area contributed by atoms with Crippen LogP contribution in [0.25, 0.3) is 0 Å². The Hall–Kier alpha value is -1.30. The third-order valence-electron chi connectivity index (χ3n) is 2.13. The summed E-state index contributed by atoms with van der Waals surface area (Å²) in [5, 5.41) is 11.2. The number of carboxylic acids is 1. The average molecular weight is 232 g/mol. The van der Waals surface area contributed by atoms with Crippen molar-refractivity contribution in [1.82, 2.24) is 10.2 Å². The zero-order valence-electron chi connectivity index (χ0n) is 10.0. The number of carbonyl (C=O) groups excluding carboxylic acids is 1. The number of rotatable bonds is 7. The standard InChI is InChI=1S/C10H20N2O4/c1-8(5-7-16-3)11-10(15)12(2)6-4-9(13)14/h8H,4-7H2,1-3H3,(H,11,15)(H,13,14). The number of nitrogens with zero attached hydrogens (tertiary/aromatic N) is 1. The third kappa shape index (κ3) is 7.05. The molecule has 0 aromatic heterocycles. The smallest absolute Gasteiger partial charge is 0.317 e. The molecule has 6 nitrogen and oxygen atoms in total. The number of urea groups is 1. The molecule has 0 saturated heterocycles. The number of amides is 2. The first-order valence-electron chi connectivity index (χ1n) is 5.19. The molecule has 1 unspecified atom stereocenters. The number of carboxylic acid groups (broad SMARTS) is 1. The van der Waals surface area contributed by atoms with E-state index in [0.29, 0.717) is 6.61 Å². The van der Waals surface area contributed by atoms with Gasteiger partial charge in [0, 0.05) is 33.4 Å². The lowest BCUT2D eigenvalue weighted by Gasteiger charge is -2.20. The fourth-order valence-electron chi connectivity index (χ4n) is 1.05. The van der Waals surface area contributed by atoms with Crippen LogP contribution < -0.4 is 5.32 Å². The van der Waals surface area contributed by atoms with Crippen LogP contribution in [-0.2, 0) is 9.53 Å². The second kappa shape index (κ2) is 7.92. The van der Waals surface area contributed by atoms with Gasteiger partial charge in [0.15, 0.2) is 0 Å². The molecule has 2 amide bonds. The Morgan fingerprint density at radius 1 is 1.50 bits per heavy atom. The van der Waals surface area contributed by atoms with Gasteiger partial charge >= 0.3 is 12.0 Å². The van der Waals surface area contributed by atoms with Gasteiger partial charge in [0.1, 0.15) is 0 Å². The molecule has 2 N–H and O–H groups in total. The number of hydrogen-bond donors (Lipinski definition) is 2. The predicted molar refractivity (Wildman–Crippen MR) is 59.4 cm³/mol. The quantitative estimate of drug-likeness (QED) is 0.671. The largest absolute Gasteiger partial charge is 0.481 e. The highest BCUT2D eigenvalue weighted by atomic mass is 16.5. The minimum atomic E-state index is -0.910. The van der Waals surface area contributed by atoms with E-state index in [0.717, 1.165) is 6.42 Å². The Morgan fingerprint density at radius 2 is 2.12 bits per heavy atom. The van der Waals surface area contributed by atoms with Crippen LogP contribution in [0.4, 0.5) is 4.79 Å². The van der Waals surface area contributed by atoms with Crippen molar-refractivity contribution < 1.29 is 19.4 Å². The lowest BCUT2D eigenvalue weighted by Crippen LogP contribution is -2.42. The molecule has 0 saturated carbocycles. The summed E-state index contributed by atoms with van der Waals surface area (Å²) in [6.45, 7) is 2.67. The number of hydrogen-bond acceptors (Lipinski definition) is 3. The van der Waals surface area contributed by atoms with E-state index in [1.807, 2.05) is 6.92 Å². The molecule has 16 heavy (non-hydrogen) atoms. The number of aliphatic carboxylic acids is 1. The number of methoxy groups -OCH3 is 1. The molecule has 0 aromatic rings. The predicted octanol–water partition coefficient (Wildman–Crippen LogP) is 0.527. The number of carbonyl (C=O) groups is 2. The van der Waals surface area contributed by atoms with Gasteiger partial charge < -0.3 is 20.1 Å². The molecule has 0 aromatic carbocycles. The van der Waals surface area contributed by atoms with Crippen LogP contribution in [0.3, 0.4) is 0 Å². The zero-order chi connectivity index (χ0) is 12.6. The Morgan fingerprint density at radius 3 is 2.62 bits per heavy atom. The van der Waals surface area contributed by atoms with Crippen molar-refractivity contribution in [3.05, 3.63) is 0 Å². The normalized spacial score (nSPS) is 11.9. The number of ether oxygens (including phenoxy) is 1. The molecule has 0 bridgehead atoms. The molecule has 0 fully saturated rings. The van der Waals surface area contributed by atoms with Gasteiger partial charge in [-0.15, -0.1) is 0 Å². The fourth-order valence-corrected chi connectivity index (χ4v) is 1.05. The maximum absolute atomic E-state index is 11.5. The summed E-state index contributed by atoms with van der Waals surface area (Å²) in [6, 6.07) is -0.246. The van der Waals surface area contributed by atoms with Gasteiger partial charge in [-0.3, -0.25) is 4.79 Å². The Kier molecular flexibility index (Phi) is 7.28. The lowest BCUT2D eigenvalue weighted by atomic mass is 10.2. The minimum absolute atomic E-state index is 0.0136. The highest BCUT2D eigenvalue weighted by molar-refractivity contribution is 5.75. The van der Waals surface area contributed by atoms with Crippen LogP contribution in [0.5, 0.6) is 0 Å². The summed E-state index contributed by atoms with van der Waals surface area (Å²) in [7, 11) is 3.18. The van der Waals surface area contributed by atoms with E-state index >= 15 is 0 Å². The van der Waals surface area contributed by atoms with E-state index in [1.54, 1.807) is 14.2 Å². The van der Waals surface area contributed by atoms with Gasteiger partial charge in [0.25, 0.3) is 0 Å². The first-order chi connectivity index (χ1) is 7.47. The highest BCUT2D eigenvalue weighted by Gasteiger charge is 2.12. The molecule has 0 aliphatic heterocycles. The summed E-state index contributed by atoms with van der Waals surface area (Å²) in [6.07, 6.45) is 0.686. The van der Waals surface area contributed by atoms with Crippen LogP contribution in [-0.4, -0.2) is 55.4 Å². The maximum Gasteiger partial charge on any atom is 0.317 e. The maximum atomic E-state index is 11.5. The fraction of sp³-hybridized carbons (Fsp3) is 0.800. The lowest BCUT2D eigenvalue weighted by molar-refractivity contribution is -0.137. The Labute approximate surface area is 95.6 Å². The minimum Gasteiger partial charge on any atom is -0.481 e. The molecule has 1 atom stereocenters. The van der Waals surface area contributed by atoms with Gasteiger partial charge in [0.05, 0.1) is 6.42 Å². The van der Waals surface area contributed by atoms with E-state index in [4.69, 9.17) is 9.84 Å². The van der Waals surface area contributed by atoms with Crippen LogP contribution in [0.2, 0.25) is 0 Å². The molecular formula is C10H20N2O4. The van der Waals surface area contributed by atoms with Crippen molar-refractivity contribution in [2.75, 3.05) is 27.3 Å². The summed E-state index contributed by atoms with van der Waals surface area (Å²) >= 11 is 0. The van der Waals surface area contributed by atoms with Gasteiger partial charge in [0.2, 0.25) is 0 Å². The van der Waals surface area contributed by atoms with Gasteiger partial charge in [-0.05, 0) is 13.3 Å². The van der Waals surface area contributed by atoms with Crippen LogP contribution >= 0.6 is 0 Å². The van der Waals surface area contributed by atoms with Crippen LogP contribution in [0, 0.1) is 0 Å². The molecule has 0 rings (SSSR count). The van der Waals surface area contributed by atoms with Gasteiger partial charge in [-0.1, -0.05) is 0 Å². The first-order valence-corrected chi connectivity index (χ1v) is 5.19. The van der Waals surface area contributed by atoms with Crippen molar-refractivity contribution in [3.63, 3.8) is 0 Å². The van der Waals surface area contributed by atoms with Crippen molar-refractivity contribution in [3.8, 4) is 0 Å². The third-order valence-corrected chi connectivity index (χ3v) is 2.13. The summed E-state index contributed by atoms with van der Waals surface area (Å²) in [5.41, 5.74) is 0. The van der Waals surface area contributed by atoms with Crippen LogP contribution in [0.15, 0.2) is 0 Å². The zero-order valence-corrected chi connectivity index (χ0v) is 10.0. The molecule has 0 spiro atoms. The molecule has 0 aliphatic rings. The van der Waals surface area contributed by atoms with Crippen molar-refractivity contribution >= 4 is 12.0 Å². The average Bonchev–Trinajstić information content (AvgIpc) is 2.22. The van der Waals surface area contributed by atoms with Gasteiger partial charge in [-0.25, -0.2) is 4.79 Å². The van der Waals surface area contributed by atoms with E-state index in [1.165, 1.54) is 4.90 Å².